The summed E-state index contributed by atoms with van der Waals surface area (Å²) in [7, 11) is 0. The van der Waals surface area contributed by atoms with Gasteiger partial charge in [0.25, 0.3) is 5.91 Å². The van der Waals surface area contributed by atoms with Crippen molar-refractivity contribution in [1.82, 2.24) is 0 Å². The largest absolute Gasteiger partial charge is 0.494 e. The molecular formula is C19H17NO2S. The third-order valence-corrected chi connectivity index (χ3v) is 4.27. The maximum atomic E-state index is 12.3. The molecule has 4 heteroatoms. The molecule has 1 aromatic heterocycles. The molecule has 0 unspecified atom stereocenters. The molecule has 0 bridgehead atoms. The van der Waals surface area contributed by atoms with Crippen LogP contribution in [0.4, 0.5) is 5.69 Å². The van der Waals surface area contributed by atoms with E-state index in [0.29, 0.717) is 12.2 Å². The number of anilines is 1. The zero-order valence-electron chi connectivity index (χ0n) is 12.8. The lowest BCUT2D eigenvalue weighted by Crippen LogP contribution is -2.11. The molecule has 1 amide bonds. The van der Waals surface area contributed by atoms with E-state index in [-0.39, 0.29) is 5.91 Å². The van der Waals surface area contributed by atoms with E-state index in [1.165, 1.54) is 4.88 Å². The van der Waals surface area contributed by atoms with Gasteiger partial charge in [0.2, 0.25) is 0 Å². The fraction of sp³-hybridized carbons (Fsp3) is 0.105. The molecule has 0 atom stereocenters. The number of benzene rings is 2. The summed E-state index contributed by atoms with van der Waals surface area (Å²) in [4.78, 5) is 13.5. The van der Waals surface area contributed by atoms with E-state index in [1.54, 1.807) is 11.3 Å². The topological polar surface area (TPSA) is 38.3 Å². The van der Waals surface area contributed by atoms with Gasteiger partial charge in [-0.3, -0.25) is 4.79 Å². The minimum absolute atomic E-state index is 0.128. The predicted molar refractivity (Wildman–Crippen MR) is 95.3 cm³/mol. The number of rotatable bonds is 5. The van der Waals surface area contributed by atoms with E-state index in [0.717, 1.165) is 17.0 Å². The van der Waals surface area contributed by atoms with Crippen molar-refractivity contribution in [1.29, 1.82) is 0 Å². The number of nitrogens with one attached hydrogen (secondary N) is 1. The average molecular weight is 323 g/mol. The van der Waals surface area contributed by atoms with Gasteiger partial charge < -0.3 is 10.1 Å². The Morgan fingerprint density at radius 3 is 2.61 bits per heavy atom. The quantitative estimate of drug-likeness (QED) is 0.712. The van der Waals surface area contributed by atoms with Gasteiger partial charge in [-0.25, -0.2) is 0 Å². The van der Waals surface area contributed by atoms with Crippen LogP contribution in [0.15, 0.2) is 66.0 Å². The van der Waals surface area contributed by atoms with Gasteiger partial charge in [-0.1, -0.05) is 24.3 Å². The number of ether oxygens (including phenoxy) is 1. The van der Waals surface area contributed by atoms with Crippen LogP contribution in [0, 0.1) is 0 Å². The Kier molecular flexibility index (Phi) is 4.74. The molecule has 0 aliphatic rings. The highest BCUT2D eigenvalue weighted by Crippen LogP contribution is 2.25. The molecule has 1 heterocycles. The third-order valence-electron chi connectivity index (χ3n) is 3.36. The van der Waals surface area contributed by atoms with Crippen molar-refractivity contribution in [2.45, 2.75) is 6.92 Å². The molecule has 0 saturated heterocycles. The highest BCUT2D eigenvalue weighted by atomic mass is 32.1. The van der Waals surface area contributed by atoms with Crippen molar-refractivity contribution >= 4 is 22.9 Å². The van der Waals surface area contributed by atoms with Gasteiger partial charge in [0.05, 0.1) is 6.61 Å². The number of carbonyl (C=O) groups excluding carboxylic acids is 1. The number of hydrogen-bond acceptors (Lipinski definition) is 3. The summed E-state index contributed by atoms with van der Waals surface area (Å²) in [6, 6.07) is 19.1. The third kappa shape index (κ3) is 3.79. The minimum atomic E-state index is -0.128. The number of hydrogen-bond donors (Lipinski definition) is 1. The van der Waals surface area contributed by atoms with Crippen LogP contribution in [0.5, 0.6) is 5.75 Å². The van der Waals surface area contributed by atoms with Crippen LogP contribution in [0.3, 0.4) is 0 Å². The Morgan fingerprint density at radius 1 is 1.09 bits per heavy atom. The zero-order chi connectivity index (χ0) is 16.1. The number of amides is 1. The number of thiophene rings is 1. The lowest BCUT2D eigenvalue weighted by Gasteiger charge is -2.08. The Morgan fingerprint density at radius 2 is 1.91 bits per heavy atom. The first-order valence-electron chi connectivity index (χ1n) is 7.44. The van der Waals surface area contributed by atoms with E-state index in [4.69, 9.17) is 4.74 Å². The van der Waals surface area contributed by atoms with Crippen molar-refractivity contribution in [3.8, 4) is 16.2 Å². The molecule has 0 fully saturated rings. The SMILES string of the molecule is CCOc1cccc(NC(=O)c2ccc(-c3cccs3)cc2)c1. The molecule has 3 aromatic rings. The second-order valence-corrected chi connectivity index (χ2v) is 5.92. The van der Waals surface area contributed by atoms with Crippen molar-refractivity contribution in [3.05, 3.63) is 71.6 Å². The van der Waals surface area contributed by atoms with Gasteiger partial charge >= 0.3 is 0 Å². The second kappa shape index (κ2) is 7.11. The van der Waals surface area contributed by atoms with Crippen molar-refractivity contribution in [2.75, 3.05) is 11.9 Å². The van der Waals surface area contributed by atoms with Crippen molar-refractivity contribution < 1.29 is 9.53 Å². The maximum Gasteiger partial charge on any atom is 0.255 e. The highest BCUT2D eigenvalue weighted by molar-refractivity contribution is 7.13. The molecule has 0 aliphatic carbocycles. The van der Waals surface area contributed by atoms with E-state index in [9.17, 15) is 4.79 Å². The van der Waals surface area contributed by atoms with Gasteiger partial charge in [-0.15, -0.1) is 11.3 Å². The van der Waals surface area contributed by atoms with E-state index in [1.807, 2.05) is 66.9 Å². The molecule has 23 heavy (non-hydrogen) atoms. The summed E-state index contributed by atoms with van der Waals surface area (Å²) in [5, 5.41) is 4.94. The van der Waals surface area contributed by atoms with Gasteiger partial charge in [0.1, 0.15) is 5.75 Å². The smallest absolute Gasteiger partial charge is 0.255 e. The molecule has 0 saturated carbocycles. The molecule has 116 valence electrons. The van der Waals surface area contributed by atoms with Gasteiger partial charge in [0.15, 0.2) is 0 Å². The van der Waals surface area contributed by atoms with Crippen molar-refractivity contribution in [2.24, 2.45) is 0 Å². The zero-order valence-corrected chi connectivity index (χ0v) is 13.6. The Bertz CT molecular complexity index is 779. The van der Waals surface area contributed by atoms with Crippen LogP contribution < -0.4 is 10.1 Å². The van der Waals surface area contributed by atoms with E-state index >= 15 is 0 Å². The fourth-order valence-electron chi connectivity index (χ4n) is 2.26. The predicted octanol–water partition coefficient (Wildman–Crippen LogP) is 5.07. The molecule has 3 rings (SSSR count). The molecule has 3 nitrogen and oxygen atoms in total. The number of carbonyl (C=O) groups is 1. The molecule has 0 spiro atoms. The first kappa shape index (κ1) is 15.3. The molecule has 1 N–H and O–H groups in total. The summed E-state index contributed by atoms with van der Waals surface area (Å²) >= 11 is 1.68. The van der Waals surface area contributed by atoms with E-state index < -0.39 is 0 Å². The average Bonchev–Trinajstić information content (AvgIpc) is 3.10. The van der Waals surface area contributed by atoms with Crippen molar-refractivity contribution in [3.63, 3.8) is 0 Å². The van der Waals surface area contributed by atoms with Gasteiger partial charge in [-0.2, -0.15) is 0 Å². The van der Waals surface area contributed by atoms with Crippen LogP contribution >= 0.6 is 11.3 Å². The standard InChI is InChI=1S/C19H17NO2S/c1-2-22-17-6-3-5-16(13-17)20-19(21)15-10-8-14(9-11-15)18-7-4-12-23-18/h3-13H,2H2,1H3,(H,20,21). The van der Waals surface area contributed by atoms with Crippen LogP contribution in [-0.4, -0.2) is 12.5 Å². The van der Waals surface area contributed by atoms with Gasteiger partial charge in [0, 0.05) is 22.2 Å². The molecule has 0 radical (unpaired) electrons. The van der Waals surface area contributed by atoms with Crippen LogP contribution in [-0.2, 0) is 0 Å². The normalized spacial score (nSPS) is 10.3. The first-order chi connectivity index (χ1) is 11.3. The van der Waals surface area contributed by atoms with Crippen LogP contribution in [0.1, 0.15) is 17.3 Å². The lowest BCUT2D eigenvalue weighted by molar-refractivity contribution is 0.102. The lowest BCUT2D eigenvalue weighted by atomic mass is 10.1. The fourth-order valence-corrected chi connectivity index (χ4v) is 3.00. The highest BCUT2D eigenvalue weighted by Gasteiger charge is 2.07. The summed E-state index contributed by atoms with van der Waals surface area (Å²) in [5.41, 5.74) is 2.48. The Hall–Kier alpha value is -2.59. The summed E-state index contributed by atoms with van der Waals surface area (Å²) < 4.78 is 5.44. The van der Waals surface area contributed by atoms with E-state index in [2.05, 4.69) is 11.4 Å². The Balaban J connectivity index is 1.72. The summed E-state index contributed by atoms with van der Waals surface area (Å²) in [6.07, 6.45) is 0. The minimum Gasteiger partial charge on any atom is -0.494 e. The molecular weight excluding hydrogens is 306 g/mol. The Labute approximate surface area is 139 Å². The summed E-state index contributed by atoms with van der Waals surface area (Å²) in [6.45, 7) is 2.53. The first-order valence-corrected chi connectivity index (χ1v) is 8.32. The molecule has 0 aliphatic heterocycles. The van der Waals surface area contributed by atoms with Crippen LogP contribution in [0.25, 0.3) is 10.4 Å². The van der Waals surface area contributed by atoms with Gasteiger partial charge in [-0.05, 0) is 48.2 Å². The summed E-state index contributed by atoms with van der Waals surface area (Å²) in [5.74, 6) is 0.620. The van der Waals surface area contributed by atoms with Crippen LogP contribution in [0.2, 0.25) is 0 Å². The maximum absolute atomic E-state index is 12.3. The monoisotopic (exact) mass is 323 g/mol. The molecule has 2 aromatic carbocycles. The second-order valence-electron chi connectivity index (χ2n) is 4.97.